The normalized spacial score (nSPS) is 14.4. The standard InChI is InChI=1S/C15H26N2O3/c1-19-10-8-17(9-11-20-2)12-15(16,13-18)14-6-4-3-5-7-14/h3-7,18H,8-13,16H2,1-2H3. The van der Waals surface area contributed by atoms with E-state index in [1.54, 1.807) is 14.2 Å². The molecule has 20 heavy (non-hydrogen) atoms. The van der Waals surface area contributed by atoms with Crippen LogP contribution in [0.5, 0.6) is 0 Å². The van der Waals surface area contributed by atoms with Crippen molar-refractivity contribution in [2.24, 2.45) is 5.73 Å². The maximum Gasteiger partial charge on any atom is 0.0772 e. The molecule has 0 aromatic heterocycles. The molecule has 5 heteroatoms. The first kappa shape index (κ1) is 17.1. The minimum Gasteiger partial charge on any atom is -0.394 e. The number of hydrogen-bond donors (Lipinski definition) is 2. The van der Waals surface area contributed by atoms with Crippen LogP contribution in [0.15, 0.2) is 30.3 Å². The number of hydrogen-bond acceptors (Lipinski definition) is 5. The number of nitrogens with two attached hydrogens (primary N) is 1. The van der Waals surface area contributed by atoms with Crippen molar-refractivity contribution in [3.63, 3.8) is 0 Å². The van der Waals surface area contributed by atoms with Gasteiger partial charge in [0.2, 0.25) is 0 Å². The molecule has 0 amide bonds. The second kappa shape index (κ2) is 9.05. The molecule has 0 radical (unpaired) electrons. The number of ether oxygens (including phenoxy) is 2. The molecule has 3 N–H and O–H groups in total. The van der Waals surface area contributed by atoms with Gasteiger partial charge in [-0.1, -0.05) is 30.3 Å². The van der Waals surface area contributed by atoms with E-state index in [1.165, 1.54) is 0 Å². The van der Waals surface area contributed by atoms with Crippen molar-refractivity contribution < 1.29 is 14.6 Å². The van der Waals surface area contributed by atoms with Crippen LogP contribution < -0.4 is 5.73 Å². The van der Waals surface area contributed by atoms with Crippen LogP contribution >= 0.6 is 0 Å². The molecule has 0 aliphatic rings. The lowest BCUT2D eigenvalue weighted by Gasteiger charge is -2.34. The zero-order valence-corrected chi connectivity index (χ0v) is 12.4. The van der Waals surface area contributed by atoms with Crippen molar-refractivity contribution in [3.8, 4) is 0 Å². The molecule has 0 bridgehead atoms. The monoisotopic (exact) mass is 282 g/mol. The van der Waals surface area contributed by atoms with E-state index in [0.29, 0.717) is 19.8 Å². The van der Waals surface area contributed by atoms with Gasteiger partial charge in [-0.3, -0.25) is 4.90 Å². The van der Waals surface area contributed by atoms with Gasteiger partial charge in [-0.25, -0.2) is 0 Å². The summed E-state index contributed by atoms with van der Waals surface area (Å²) in [5, 5.41) is 9.72. The maximum atomic E-state index is 9.72. The Morgan fingerprint density at radius 1 is 1.10 bits per heavy atom. The van der Waals surface area contributed by atoms with Crippen LogP contribution in [0.3, 0.4) is 0 Å². The fourth-order valence-corrected chi connectivity index (χ4v) is 2.11. The molecule has 1 atom stereocenters. The van der Waals surface area contributed by atoms with Crippen molar-refractivity contribution in [1.82, 2.24) is 4.90 Å². The molecule has 0 saturated carbocycles. The molecule has 0 aliphatic carbocycles. The van der Waals surface area contributed by atoms with Crippen LogP contribution in [0.1, 0.15) is 5.56 Å². The van der Waals surface area contributed by atoms with Crippen LogP contribution in [0, 0.1) is 0 Å². The van der Waals surface area contributed by atoms with E-state index in [-0.39, 0.29) is 6.61 Å². The SMILES string of the molecule is COCCN(CCOC)CC(N)(CO)c1ccccc1. The van der Waals surface area contributed by atoms with Crippen LogP contribution in [0.4, 0.5) is 0 Å². The molecule has 0 heterocycles. The third-order valence-corrected chi connectivity index (χ3v) is 3.36. The van der Waals surface area contributed by atoms with Gasteiger partial charge in [0.15, 0.2) is 0 Å². The highest BCUT2D eigenvalue weighted by atomic mass is 16.5. The average Bonchev–Trinajstić information content (AvgIpc) is 2.50. The first-order valence-electron chi connectivity index (χ1n) is 6.82. The molecule has 0 aliphatic heterocycles. The molecular formula is C15H26N2O3. The smallest absolute Gasteiger partial charge is 0.0772 e. The van der Waals surface area contributed by atoms with E-state index in [0.717, 1.165) is 18.7 Å². The van der Waals surface area contributed by atoms with Gasteiger partial charge in [0.1, 0.15) is 0 Å². The van der Waals surface area contributed by atoms with Crippen molar-refractivity contribution in [2.45, 2.75) is 5.54 Å². The number of rotatable bonds is 10. The van der Waals surface area contributed by atoms with E-state index in [1.807, 2.05) is 30.3 Å². The molecule has 1 rings (SSSR count). The van der Waals surface area contributed by atoms with Crippen molar-refractivity contribution >= 4 is 0 Å². The molecule has 0 fully saturated rings. The highest BCUT2D eigenvalue weighted by Gasteiger charge is 2.29. The zero-order valence-electron chi connectivity index (χ0n) is 12.4. The Hall–Kier alpha value is -0.980. The molecule has 1 aromatic carbocycles. The highest BCUT2D eigenvalue weighted by molar-refractivity contribution is 5.24. The Morgan fingerprint density at radius 3 is 2.10 bits per heavy atom. The van der Waals surface area contributed by atoms with E-state index in [4.69, 9.17) is 15.2 Å². The van der Waals surface area contributed by atoms with Gasteiger partial charge in [0.05, 0.1) is 25.4 Å². The van der Waals surface area contributed by atoms with Crippen LogP contribution in [-0.2, 0) is 15.0 Å². The lowest BCUT2D eigenvalue weighted by Crippen LogP contribution is -2.51. The Kier molecular flexibility index (Phi) is 7.72. The minimum atomic E-state index is -0.775. The van der Waals surface area contributed by atoms with Gasteiger partial charge in [0.25, 0.3) is 0 Å². The van der Waals surface area contributed by atoms with Gasteiger partial charge in [-0.05, 0) is 5.56 Å². The van der Waals surface area contributed by atoms with E-state index in [2.05, 4.69) is 4.90 Å². The summed E-state index contributed by atoms with van der Waals surface area (Å²) in [5.41, 5.74) is 6.55. The maximum absolute atomic E-state index is 9.72. The summed E-state index contributed by atoms with van der Waals surface area (Å²) >= 11 is 0. The quantitative estimate of drug-likeness (QED) is 0.651. The van der Waals surface area contributed by atoms with Crippen molar-refractivity contribution in [1.29, 1.82) is 0 Å². The van der Waals surface area contributed by atoms with Crippen LogP contribution in [0.25, 0.3) is 0 Å². The Morgan fingerprint density at radius 2 is 1.65 bits per heavy atom. The molecular weight excluding hydrogens is 256 g/mol. The number of aliphatic hydroxyl groups excluding tert-OH is 1. The lowest BCUT2D eigenvalue weighted by atomic mass is 9.91. The number of methoxy groups -OCH3 is 2. The summed E-state index contributed by atoms with van der Waals surface area (Å²) < 4.78 is 10.2. The fourth-order valence-electron chi connectivity index (χ4n) is 2.11. The summed E-state index contributed by atoms with van der Waals surface area (Å²) in [4.78, 5) is 2.15. The molecule has 0 saturated heterocycles. The largest absolute Gasteiger partial charge is 0.394 e. The van der Waals surface area contributed by atoms with Gasteiger partial charge in [0, 0.05) is 33.9 Å². The van der Waals surface area contributed by atoms with Crippen LogP contribution in [-0.4, -0.2) is 63.7 Å². The summed E-state index contributed by atoms with van der Waals surface area (Å²) in [6, 6.07) is 9.69. The average molecular weight is 282 g/mol. The Balaban J connectivity index is 2.75. The van der Waals surface area contributed by atoms with E-state index in [9.17, 15) is 5.11 Å². The number of nitrogens with zero attached hydrogens (tertiary/aromatic N) is 1. The summed E-state index contributed by atoms with van der Waals surface area (Å²) in [5.74, 6) is 0. The first-order valence-corrected chi connectivity index (χ1v) is 6.82. The van der Waals surface area contributed by atoms with Gasteiger partial charge in [-0.2, -0.15) is 0 Å². The van der Waals surface area contributed by atoms with Gasteiger partial charge in [-0.15, -0.1) is 0 Å². The third-order valence-electron chi connectivity index (χ3n) is 3.36. The summed E-state index contributed by atoms with van der Waals surface area (Å²) in [6.07, 6.45) is 0. The summed E-state index contributed by atoms with van der Waals surface area (Å²) in [7, 11) is 3.35. The van der Waals surface area contributed by atoms with Gasteiger partial charge >= 0.3 is 0 Å². The lowest BCUT2D eigenvalue weighted by molar-refractivity contribution is 0.0813. The molecule has 1 unspecified atom stereocenters. The molecule has 114 valence electrons. The molecule has 1 aromatic rings. The summed E-state index contributed by atoms with van der Waals surface area (Å²) in [6.45, 7) is 3.21. The minimum absolute atomic E-state index is 0.104. The molecule has 0 spiro atoms. The first-order chi connectivity index (χ1) is 9.66. The number of aliphatic hydroxyl groups is 1. The second-order valence-corrected chi connectivity index (χ2v) is 4.94. The zero-order chi connectivity index (χ0) is 14.8. The Bertz CT molecular complexity index is 353. The number of benzene rings is 1. The highest BCUT2D eigenvalue weighted by Crippen LogP contribution is 2.19. The van der Waals surface area contributed by atoms with E-state index < -0.39 is 5.54 Å². The third kappa shape index (κ3) is 5.19. The molecule has 5 nitrogen and oxygen atoms in total. The topological polar surface area (TPSA) is 68.0 Å². The second-order valence-electron chi connectivity index (χ2n) is 4.94. The van der Waals surface area contributed by atoms with Crippen molar-refractivity contribution in [3.05, 3.63) is 35.9 Å². The predicted octanol–water partition coefficient (Wildman–Crippen LogP) is 0.428. The fraction of sp³-hybridized carbons (Fsp3) is 0.600. The van der Waals surface area contributed by atoms with E-state index >= 15 is 0 Å². The Labute approximate surface area is 121 Å². The van der Waals surface area contributed by atoms with Gasteiger partial charge < -0.3 is 20.3 Å². The van der Waals surface area contributed by atoms with Crippen LogP contribution in [0.2, 0.25) is 0 Å². The van der Waals surface area contributed by atoms with Crippen molar-refractivity contribution in [2.75, 3.05) is 53.7 Å². The predicted molar refractivity (Wildman–Crippen MR) is 79.6 cm³/mol.